The molecule has 18 heavy (non-hydrogen) atoms. The Labute approximate surface area is 104 Å². The van der Waals surface area contributed by atoms with Crippen LogP contribution in [0.3, 0.4) is 0 Å². The SMILES string of the molecule is CC(C)C(CC(=O)O)Nc1cc([N+](=O)[O-])ccn1. The smallest absolute Gasteiger partial charge is 0.305 e. The molecule has 1 heterocycles. The highest BCUT2D eigenvalue weighted by Gasteiger charge is 2.18. The van der Waals surface area contributed by atoms with Crippen molar-refractivity contribution in [3.8, 4) is 0 Å². The largest absolute Gasteiger partial charge is 0.481 e. The minimum atomic E-state index is -0.924. The molecule has 7 heteroatoms. The van der Waals surface area contributed by atoms with E-state index >= 15 is 0 Å². The Morgan fingerprint density at radius 3 is 2.78 bits per heavy atom. The van der Waals surface area contributed by atoms with Crippen molar-refractivity contribution >= 4 is 17.5 Å². The van der Waals surface area contributed by atoms with Crippen molar-refractivity contribution in [2.75, 3.05) is 5.32 Å². The molecular formula is C11H15N3O4. The first-order valence-electron chi connectivity index (χ1n) is 5.49. The van der Waals surface area contributed by atoms with E-state index in [4.69, 9.17) is 5.11 Å². The van der Waals surface area contributed by atoms with E-state index in [1.165, 1.54) is 18.3 Å². The van der Waals surface area contributed by atoms with Crippen molar-refractivity contribution in [2.45, 2.75) is 26.3 Å². The van der Waals surface area contributed by atoms with Crippen LogP contribution in [0.4, 0.5) is 11.5 Å². The highest BCUT2D eigenvalue weighted by molar-refractivity contribution is 5.68. The predicted molar refractivity (Wildman–Crippen MR) is 65.4 cm³/mol. The Balaban J connectivity index is 2.83. The quantitative estimate of drug-likeness (QED) is 0.592. The van der Waals surface area contributed by atoms with Gasteiger partial charge in [-0.15, -0.1) is 0 Å². The molecule has 0 bridgehead atoms. The number of aromatic nitrogens is 1. The van der Waals surface area contributed by atoms with Gasteiger partial charge in [0, 0.05) is 18.3 Å². The normalized spacial score (nSPS) is 12.2. The molecule has 2 N–H and O–H groups in total. The second-order valence-corrected chi connectivity index (χ2v) is 4.25. The fraction of sp³-hybridized carbons (Fsp3) is 0.455. The van der Waals surface area contributed by atoms with E-state index in [1.807, 2.05) is 13.8 Å². The number of nitro groups is 1. The molecule has 1 aromatic heterocycles. The van der Waals surface area contributed by atoms with Gasteiger partial charge in [-0.3, -0.25) is 14.9 Å². The molecule has 0 amide bonds. The second-order valence-electron chi connectivity index (χ2n) is 4.25. The molecule has 1 aromatic rings. The number of nitrogens with zero attached hydrogens (tertiary/aromatic N) is 2. The summed E-state index contributed by atoms with van der Waals surface area (Å²) in [5, 5.41) is 22.3. The summed E-state index contributed by atoms with van der Waals surface area (Å²) < 4.78 is 0. The molecule has 0 aliphatic rings. The van der Waals surface area contributed by atoms with Crippen LogP contribution < -0.4 is 5.32 Å². The lowest BCUT2D eigenvalue weighted by atomic mass is 10.0. The number of nitrogens with one attached hydrogen (secondary N) is 1. The molecule has 1 atom stereocenters. The minimum absolute atomic E-state index is 0.0674. The lowest BCUT2D eigenvalue weighted by molar-refractivity contribution is -0.384. The number of pyridine rings is 1. The van der Waals surface area contributed by atoms with Crippen molar-refractivity contribution in [2.24, 2.45) is 5.92 Å². The van der Waals surface area contributed by atoms with Crippen molar-refractivity contribution in [3.63, 3.8) is 0 Å². The molecule has 0 saturated heterocycles. The molecular weight excluding hydrogens is 238 g/mol. The molecule has 0 aliphatic carbocycles. The van der Waals surface area contributed by atoms with Crippen LogP contribution >= 0.6 is 0 Å². The fourth-order valence-corrected chi connectivity index (χ4v) is 1.44. The summed E-state index contributed by atoms with van der Waals surface area (Å²) >= 11 is 0. The number of carboxylic acid groups (broad SMARTS) is 1. The number of aliphatic carboxylic acids is 1. The Morgan fingerprint density at radius 1 is 1.61 bits per heavy atom. The van der Waals surface area contributed by atoms with Gasteiger partial charge in [0.05, 0.1) is 17.4 Å². The van der Waals surface area contributed by atoms with Gasteiger partial charge in [0.2, 0.25) is 0 Å². The number of carbonyl (C=O) groups is 1. The van der Waals surface area contributed by atoms with Gasteiger partial charge in [-0.1, -0.05) is 13.8 Å². The summed E-state index contributed by atoms with van der Waals surface area (Å²) in [5.74, 6) is -0.544. The Morgan fingerprint density at radius 2 is 2.28 bits per heavy atom. The Kier molecular flexibility index (Phi) is 4.59. The van der Waals surface area contributed by atoms with Crippen LogP contribution in [-0.4, -0.2) is 27.0 Å². The van der Waals surface area contributed by atoms with Gasteiger partial charge >= 0.3 is 5.97 Å². The summed E-state index contributed by atoms with van der Waals surface area (Å²) in [6.07, 6.45) is 1.25. The zero-order valence-electron chi connectivity index (χ0n) is 10.2. The van der Waals surface area contributed by atoms with Crippen LogP contribution in [0.15, 0.2) is 18.3 Å². The molecule has 0 aromatic carbocycles. The zero-order valence-corrected chi connectivity index (χ0v) is 10.2. The monoisotopic (exact) mass is 253 g/mol. The van der Waals surface area contributed by atoms with E-state index in [-0.39, 0.29) is 24.1 Å². The maximum Gasteiger partial charge on any atom is 0.305 e. The average Bonchev–Trinajstić information content (AvgIpc) is 2.27. The van der Waals surface area contributed by atoms with Gasteiger partial charge in [0.25, 0.3) is 5.69 Å². The van der Waals surface area contributed by atoms with Gasteiger partial charge < -0.3 is 10.4 Å². The summed E-state index contributed by atoms with van der Waals surface area (Å²) in [6, 6.07) is 2.25. The number of carboxylic acids is 1. The van der Waals surface area contributed by atoms with Gasteiger partial charge in [-0.25, -0.2) is 4.98 Å². The highest BCUT2D eigenvalue weighted by atomic mass is 16.6. The molecule has 98 valence electrons. The minimum Gasteiger partial charge on any atom is -0.481 e. The summed E-state index contributed by atoms with van der Waals surface area (Å²) in [6.45, 7) is 3.75. The summed E-state index contributed by atoms with van der Waals surface area (Å²) in [7, 11) is 0. The maximum absolute atomic E-state index is 10.7. The third kappa shape index (κ3) is 4.00. The van der Waals surface area contributed by atoms with Crippen LogP contribution in [-0.2, 0) is 4.79 Å². The Hall–Kier alpha value is -2.18. The van der Waals surface area contributed by atoms with Crippen LogP contribution in [0, 0.1) is 16.0 Å². The standard InChI is InChI=1S/C11H15N3O4/c1-7(2)9(6-11(15)16)13-10-5-8(14(17)18)3-4-12-10/h3-5,7,9H,6H2,1-2H3,(H,12,13)(H,15,16). The molecule has 1 unspecified atom stereocenters. The van der Waals surface area contributed by atoms with E-state index in [0.717, 1.165) is 0 Å². The lowest BCUT2D eigenvalue weighted by Gasteiger charge is -2.20. The van der Waals surface area contributed by atoms with Gasteiger partial charge in [0.1, 0.15) is 5.82 Å². The van der Waals surface area contributed by atoms with Crippen molar-refractivity contribution in [3.05, 3.63) is 28.4 Å². The maximum atomic E-state index is 10.7. The van der Waals surface area contributed by atoms with E-state index < -0.39 is 10.9 Å². The Bertz CT molecular complexity index is 448. The number of anilines is 1. The molecule has 0 spiro atoms. The van der Waals surface area contributed by atoms with Crippen LogP contribution in [0.5, 0.6) is 0 Å². The van der Waals surface area contributed by atoms with E-state index in [9.17, 15) is 14.9 Å². The third-order valence-corrected chi connectivity index (χ3v) is 2.49. The summed E-state index contributed by atoms with van der Waals surface area (Å²) in [4.78, 5) is 24.7. The van der Waals surface area contributed by atoms with E-state index in [2.05, 4.69) is 10.3 Å². The van der Waals surface area contributed by atoms with Crippen LogP contribution in [0.2, 0.25) is 0 Å². The number of hydrogen-bond donors (Lipinski definition) is 2. The van der Waals surface area contributed by atoms with Crippen molar-refractivity contribution < 1.29 is 14.8 Å². The first-order chi connectivity index (χ1) is 8.40. The van der Waals surface area contributed by atoms with Gasteiger partial charge in [0.15, 0.2) is 0 Å². The average molecular weight is 253 g/mol. The van der Waals surface area contributed by atoms with E-state index in [0.29, 0.717) is 5.82 Å². The topological polar surface area (TPSA) is 105 Å². The first kappa shape index (κ1) is 13.9. The second kappa shape index (κ2) is 5.95. The summed E-state index contributed by atoms with van der Waals surface area (Å²) in [5.41, 5.74) is -0.0784. The highest BCUT2D eigenvalue weighted by Crippen LogP contribution is 2.18. The van der Waals surface area contributed by atoms with Crippen LogP contribution in [0.25, 0.3) is 0 Å². The van der Waals surface area contributed by atoms with Crippen LogP contribution in [0.1, 0.15) is 20.3 Å². The van der Waals surface area contributed by atoms with E-state index in [1.54, 1.807) is 0 Å². The third-order valence-electron chi connectivity index (χ3n) is 2.49. The predicted octanol–water partition coefficient (Wildman–Crippen LogP) is 1.90. The lowest BCUT2D eigenvalue weighted by Crippen LogP contribution is -2.28. The molecule has 0 saturated carbocycles. The van der Waals surface area contributed by atoms with Gasteiger partial charge in [-0.2, -0.15) is 0 Å². The molecule has 7 nitrogen and oxygen atoms in total. The number of hydrogen-bond acceptors (Lipinski definition) is 5. The first-order valence-corrected chi connectivity index (χ1v) is 5.49. The van der Waals surface area contributed by atoms with Crippen molar-refractivity contribution in [1.29, 1.82) is 0 Å². The molecule has 0 fully saturated rings. The molecule has 1 rings (SSSR count). The zero-order chi connectivity index (χ0) is 13.7. The van der Waals surface area contributed by atoms with Gasteiger partial charge in [-0.05, 0) is 5.92 Å². The number of rotatable bonds is 6. The van der Waals surface area contributed by atoms with Crippen molar-refractivity contribution in [1.82, 2.24) is 4.98 Å². The molecule has 0 aliphatic heterocycles. The fourth-order valence-electron chi connectivity index (χ4n) is 1.44. The molecule has 0 radical (unpaired) electrons.